The molecule has 0 saturated carbocycles. The van der Waals surface area contributed by atoms with E-state index < -0.39 is 16.0 Å². The number of nitrogens with zero attached hydrogens (tertiary/aromatic N) is 2. The fourth-order valence-electron chi connectivity index (χ4n) is 1.50. The first-order valence-corrected chi connectivity index (χ1v) is 7.96. The van der Waals surface area contributed by atoms with Crippen LogP contribution in [0.15, 0.2) is 34.5 Å². The Hall–Kier alpha value is -2.44. The number of benzene rings is 1. The summed E-state index contributed by atoms with van der Waals surface area (Å²) in [7, 11) is -3.86. The molecule has 0 atom stereocenters. The quantitative estimate of drug-likeness (QED) is 0.859. The molecule has 0 aliphatic carbocycles. The van der Waals surface area contributed by atoms with Crippen LogP contribution in [0.2, 0.25) is 0 Å². The van der Waals surface area contributed by atoms with E-state index in [2.05, 4.69) is 9.71 Å². The second-order valence-corrected chi connectivity index (χ2v) is 6.50. The van der Waals surface area contributed by atoms with E-state index in [1.807, 2.05) is 6.07 Å². The first-order chi connectivity index (χ1) is 9.90. The lowest BCUT2D eigenvalue weighted by Gasteiger charge is -2.05. The van der Waals surface area contributed by atoms with Crippen LogP contribution in [0.4, 0.5) is 5.13 Å². The minimum Gasteiger partial charge on any atom is -0.481 e. The highest BCUT2D eigenvalue weighted by atomic mass is 32.2. The van der Waals surface area contributed by atoms with Crippen molar-refractivity contribution in [2.45, 2.75) is 11.3 Å². The monoisotopic (exact) mass is 323 g/mol. The molecule has 108 valence electrons. The summed E-state index contributed by atoms with van der Waals surface area (Å²) in [4.78, 5) is 14.4. The van der Waals surface area contributed by atoms with E-state index in [-0.39, 0.29) is 27.7 Å². The van der Waals surface area contributed by atoms with Gasteiger partial charge in [0.25, 0.3) is 10.0 Å². The highest BCUT2D eigenvalue weighted by molar-refractivity contribution is 7.93. The van der Waals surface area contributed by atoms with Crippen LogP contribution in [0.1, 0.15) is 11.3 Å². The third kappa shape index (κ3) is 3.77. The number of aromatic nitrogens is 1. The average molecular weight is 323 g/mol. The standard InChI is InChI=1S/C12H9N3O4S2/c13-6-8-2-1-3-10(4-8)21(18,19)15-12-14-9(7-20-12)5-11(16)17/h1-4,7H,5H2,(H,14,15)(H,16,17). The molecule has 9 heteroatoms. The van der Waals surface area contributed by atoms with Gasteiger partial charge in [0, 0.05) is 5.38 Å². The molecule has 0 aliphatic rings. The van der Waals surface area contributed by atoms with Crippen molar-refractivity contribution in [3.8, 4) is 6.07 Å². The van der Waals surface area contributed by atoms with Crippen LogP contribution in [0, 0.1) is 11.3 Å². The van der Waals surface area contributed by atoms with Crippen molar-refractivity contribution in [2.75, 3.05) is 4.72 Å². The van der Waals surface area contributed by atoms with Gasteiger partial charge in [0.2, 0.25) is 0 Å². The van der Waals surface area contributed by atoms with E-state index in [9.17, 15) is 13.2 Å². The highest BCUT2D eigenvalue weighted by Gasteiger charge is 2.17. The van der Waals surface area contributed by atoms with Crippen molar-refractivity contribution in [3.05, 3.63) is 40.9 Å². The second kappa shape index (κ2) is 5.90. The molecule has 2 rings (SSSR count). The normalized spacial score (nSPS) is 10.8. The van der Waals surface area contributed by atoms with Crippen molar-refractivity contribution in [1.82, 2.24) is 4.98 Å². The van der Waals surface area contributed by atoms with E-state index in [0.717, 1.165) is 11.3 Å². The number of carboxylic acid groups (broad SMARTS) is 1. The molecule has 1 aromatic heterocycles. The minimum absolute atomic E-state index is 0.0588. The third-order valence-electron chi connectivity index (χ3n) is 2.38. The first-order valence-electron chi connectivity index (χ1n) is 5.60. The van der Waals surface area contributed by atoms with E-state index >= 15 is 0 Å². The van der Waals surface area contributed by atoms with E-state index in [0.29, 0.717) is 0 Å². The number of hydrogen-bond acceptors (Lipinski definition) is 6. The third-order valence-corrected chi connectivity index (χ3v) is 4.65. The summed E-state index contributed by atoms with van der Waals surface area (Å²) in [5.41, 5.74) is 0.500. The molecule has 0 radical (unpaired) electrons. The van der Waals surface area contributed by atoms with Gasteiger partial charge in [-0.05, 0) is 18.2 Å². The minimum atomic E-state index is -3.86. The molecule has 7 nitrogen and oxygen atoms in total. The Balaban J connectivity index is 2.23. The number of sulfonamides is 1. The Morgan fingerprint density at radius 2 is 2.24 bits per heavy atom. The number of carbonyl (C=O) groups is 1. The molecule has 2 N–H and O–H groups in total. The molecule has 0 amide bonds. The lowest BCUT2D eigenvalue weighted by Crippen LogP contribution is -2.13. The van der Waals surface area contributed by atoms with Crippen molar-refractivity contribution >= 4 is 32.5 Å². The Morgan fingerprint density at radius 3 is 2.90 bits per heavy atom. The number of rotatable bonds is 5. The predicted octanol–water partition coefficient (Wildman–Crippen LogP) is 1.44. The fourth-order valence-corrected chi connectivity index (χ4v) is 3.51. The topological polar surface area (TPSA) is 120 Å². The first kappa shape index (κ1) is 15.0. The zero-order chi connectivity index (χ0) is 15.5. The lowest BCUT2D eigenvalue weighted by molar-refractivity contribution is -0.136. The summed E-state index contributed by atoms with van der Waals surface area (Å²) >= 11 is 0.993. The summed E-state index contributed by atoms with van der Waals surface area (Å²) < 4.78 is 26.5. The molecule has 0 saturated heterocycles. The van der Waals surface area contributed by atoms with E-state index in [1.165, 1.54) is 29.6 Å². The van der Waals surface area contributed by atoms with E-state index in [4.69, 9.17) is 10.4 Å². The van der Waals surface area contributed by atoms with Crippen LogP contribution in [-0.2, 0) is 21.2 Å². The lowest BCUT2D eigenvalue weighted by atomic mass is 10.2. The summed E-state index contributed by atoms with van der Waals surface area (Å²) in [5.74, 6) is -1.04. The summed E-state index contributed by atoms with van der Waals surface area (Å²) in [6, 6.07) is 7.42. The van der Waals surface area contributed by atoms with Crippen LogP contribution in [0.25, 0.3) is 0 Å². The van der Waals surface area contributed by atoms with Gasteiger partial charge in [-0.3, -0.25) is 9.52 Å². The van der Waals surface area contributed by atoms with Gasteiger partial charge in [-0.15, -0.1) is 11.3 Å². The second-order valence-electron chi connectivity index (χ2n) is 3.96. The Morgan fingerprint density at radius 1 is 1.48 bits per heavy atom. The number of hydrogen-bond donors (Lipinski definition) is 2. The molecule has 0 aliphatic heterocycles. The molecule has 21 heavy (non-hydrogen) atoms. The van der Waals surface area contributed by atoms with Crippen LogP contribution >= 0.6 is 11.3 Å². The predicted molar refractivity (Wildman–Crippen MR) is 75.4 cm³/mol. The number of carboxylic acids is 1. The van der Waals surface area contributed by atoms with Crippen LogP contribution in [-0.4, -0.2) is 24.5 Å². The Labute approximate surface area is 124 Å². The maximum atomic E-state index is 12.1. The number of thiazole rings is 1. The Bertz CT molecular complexity index is 821. The van der Waals surface area contributed by atoms with Gasteiger partial charge in [0.05, 0.1) is 28.6 Å². The zero-order valence-corrected chi connectivity index (χ0v) is 12.1. The molecule has 0 unspecified atom stereocenters. The van der Waals surface area contributed by atoms with Gasteiger partial charge in [-0.25, -0.2) is 13.4 Å². The fraction of sp³-hybridized carbons (Fsp3) is 0.0833. The number of nitrogens with one attached hydrogen (secondary N) is 1. The molecule has 1 aromatic carbocycles. The molecule has 0 fully saturated rings. The number of aliphatic carboxylic acids is 1. The Kier molecular flexibility index (Phi) is 4.21. The zero-order valence-electron chi connectivity index (χ0n) is 10.5. The molecule has 0 spiro atoms. The van der Waals surface area contributed by atoms with Gasteiger partial charge in [0.1, 0.15) is 0 Å². The molecule has 2 aromatic rings. The van der Waals surface area contributed by atoms with Gasteiger partial charge in [-0.2, -0.15) is 5.26 Å². The maximum Gasteiger partial charge on any atom is 0.309 e. The largest absolute Gasteiger partial charge is 0.481 e. The molecule has 0 bridgehead atoms. The van der Waals surface area contributed by atoms with Crippen molar-refractivity contribution in [1.29, 1.82) is 5.26 Å². The van der Waals surface area contributed by atoms with Gasteiger partial charge in [0.15, 0.2) is 5.13 Å². The van der Waals surface area contributed by atoms with Gasteiger partial charge in [-0.1, -0.05) is 6.07 Å². The van der Waals surface area contributed by atoms with Crippen molar-refractivity contribution < 1.29 is 18.3 Å². The van der Waals surface area contributed by atoms with Gasteiger partial charge >= 0.3 is 5.97 Å². The highest BCUT2D eigenvalue weighted by Crippen LogP contribution is 2.21. The van der Waals surface area contributed by atoms with Crippen LogP contribution in [0.5, 0.6) is 0 Å². The van der Waals surface area contributed by atoms with Crippen LogP contribution < -0.4 is 4.72 Å². The SMILES string of the molecule is N#Cc1cccc(S(=O)(=O)Nc2nc(CC(=O)O)cs2)c1. The van der Waals surface area contributed by atoms with Crippen molar-refractivity contribution in [3.63, 3.8) is 0 Å². The van der Waals surface area contributed by atoms with Crippen molar-refractivity contribution in [2.24, 2.45) is 0 Å². The summed E-state index contributed by atoms with van der Waals surface area (Å²) in [5, 5.41) is 19.0. The molecular formula is C12H9N3O4S2. The summed E-state index contributed by atoms with van der Waals surface area (Å²) in [6.45, 7) is 0. The number of nitriles is 1. The van der Waals surface area contributed by atoms with E-state index in [1.54, 1.807) is 0 Å². The average Bonchev–Trinajstić information content (AvgIpc) is 2.84. The molecule has 1 heterocycles. The summed E-state index contributed by atoms with van der Waals surface area (Å²) in [6.07, 6.45) is -0.276. The van der Waals surface area contributed by atoms with Crippen LogP contribution in [0.3, 0.4) is 0 Å². The number of anilines is 1. The smallest absolute Gasteiger partial charge is 0.309 e. The maximum absolute atomic E-state index is 12.1. The molecular weight excluding hydrogens is 314 g/mol. The van der Waals surface area contributed by atoms with Gasteiger partial charge < -0.3 is 5.11 Å².